The van der Waals surface area contributed by atoms with Gasteiger partial charge in [0.15, 0.2) is 0 Å². The lowest BCUT2D eigenvalue weighted by Crippen LogP contribution is -1.97. The largest absolute Gasteiger partial charge is 0.383 e. The molecule has 0 saturated carbocycles. The van der Waals surface area contributed by atoms with Gasteiger partial charge in [-0.15, -0.1) is 11.3 Å². The van der Waals surface area contributed by atoms with Gasteiger partial charge in [-0.3, -0.25) is 0 Å². The molecule has 1 atom stereocenters. The van der Waals surface area contributed by atoms with Crippen LogP contribution in [0.4, 0.5) is 0 Å². The molecule has 17 heavy (non-hydrogen) atoms. The lowest BCUT2D eigenvalue weighted by Gasteiger charge is -2.11. The second-order valence-corrected chi connectivity index (χ2v) is 6.72. The van der Waals surface area contributed by atoms with Gasteiger partial charge in [-0.05, 0) is 40.2 Å². The number of benzene rings is 1. The van der Waals surface area contributed by atoms with Crippen molar-refractivity contribution < 1.29 is 5.11 Å². The van der Waals surface area contributed by atoms with Crippen molar-refractivity contribution in [3.8, 4) is 0 Å². The molecule has 2 aromatic rings. The van der Waals surface area contributed by atoms with E-state index in [-0.39, 0.29) is 0 Å². The van der Waals surface area contributed by atoms with E-state index in [1.165, 1.54) is 11.3 Å². The highest BCUT2D eigenvalue weighted by Gasteiger charge is 2.18. The highest BCUT2D eigenvalue weighted by molar-refractivity contribution is 9.10. The lowest BCUT2D eigenvalue weighted by atomic mass is 10.1. The Balaban J connectivity index is 2.42. The van der Waals surface area contributed by atoms with Crippen molar-refractivity contribution in [1.29, 1.82) is 0 Å². The number of aliphatic hydroxyl groups excluding tert-OH is 1. The second kappa shape index (κ2) is 5.47. The molecule has 0 spiro atoms. The number of aliphatic hydroxyl groups is 1. The van der Waals surface area contributed by atoms with E-state index >= 15 is 0 Å². The van der Waals surface area contributed by atoms with Crippen LogP contribution < -0.4 is 0 Å². The van der Waals surface area contributed by atoms with Crippen LogP contribution in [0.3, 0.4) is 0 Å². The first-order chi connectivity index (χ1) is 7.99. The molecule has 1 aromatic heterocycles. The van der Waals surface area contributed by atoms with Crippen molar-refractivity contribution in [2.45, 2.75) is 6.10 Å². The maximum atomic E-state index is 10.2. The summed E-state index contributed by atoms with van der Waals surface area (Å²) in [5, 5.41) is 11.2. The molecule has 0 saturated heterocycles. The zero-order valence-corrected chi connectivity index (χ0v) is 12.9. The van der Waals surface area contributed by atoms with E-state index in [0.29, 0.717) is 24.8 Å². The van der Waals surface area contributed by atoms with Crippen molar-refractivity contribution in [3.63, 3.8) is 0 Å². The normalized spacial score (nSPS) is 12.8. The zero-order valence-electron chi connectivity index (χ0n) is 8.25. The topological polar surface area (TPSA) is 20.2 Å². The molecule has 1 heterocycles. The Hall–Kier alpha value is 0.230. The Kier molecular flexibility index (Phi) is 4.40. The molecular weight excluding hydrogens is 366 g/mol. The van der Waals surface area contributed by atoms with Crippen LogP contribution in [-0.4, -0.2) is 5.11 Å². The molecule has 0 aliphatic carbocycles. The van der Waals surface area contributed by atoms with Crippen molar-refractivity contribution in [1.82, 2.24) is 0 Å². The summed E-state index contributed by atoms with van der Waals surface area (Å²) < 4.78 is 1.36. The van der Waals surface area contributed by atoms with E-state index < -0.39 is 6.10 Å². The average molecular weight is 372 g/mol. The number of thiophene rings is 1. The summed E-state index contributed by atoms with van der Waals surface area (Å²) >= 11 is 22.4. The number of halogens is 4. The van der Waals surface area contributed by atoms with Gasteiger partial charge in [0, 0.05) is 25.0 Å². The minimum absolute atomic E-state index is 0.475. The highest BCUT2D eigenvalue weighted by atomic mass is 79.9. The molecule has 0 aliphatic rings. The summed E-state index contributed by atoms with van der Waals surface area (Å²) in [7, 11) is 0. The minimum atomic E-state index is -0.824. The Labute approximate surface area is 126 Å². The third-order valence-electron chi connectivity index (χ3n) is 2.19. The zero-order chi connectivity index (χ0) is 12.6. The first-order valence-electron chi connectivity index (χ1n) is 4.57. The maximum absolute atomic E-state index is 10.2. The van der Waals surface area contributed by atoms with Crippen molar-refractivity contribution >= 4 is 62.1 Å². The molecule has 1 nitrogen and oxygen atoms in total. The van der Waals surface area contributed by atoms with E-state index in [1.54, 1.807) is 24.3 Å². The third kappa shape index (κ3) is 2.98. The molecule has 0 aliphatic heterocycles. The van der Waals surface area contributed by atoms with E-state index in [2.05, 4.69) is 15.9 Å². The molecule has 0 amide bonds. The summed E-state index contributed by atoms with van der Waals surface area (Å²) in [6.07, 6.45) is -0.824. The van der Waals surface area contributed by atoms with Crippen LogP contribution in [0.5, 0.6) is 0 Å². The first-order valence-corrected chi connectivity index (χ1v) is 7.31. The monoisotopic (exact) mass is 370 g/mol. The smallest absolute Gasteiger partial charge is 0.115 e. The standard InChI is InChI=1S/C11H6BrCl3OS/c12-7-4-9(17-11(7)15)10(16)6-3-5(13)1-2-8(6)14/h1-4,10,16H. The van der Waals surface area contributed by atoms with Gasteiger partial charge in [-0.25, -0.2) is 0 Å². The quantitative estimate of drug-likeness (QED) is 0.732. The fraction of sp³-hybridized carbons (Fsp3) is 0.0909. The summed E-state index contributed by atoms with van der Waals surface area (Å²) in [5.41, 5.74) is 0.574. The molecule has 6 heteroatoms. The molecule has 90 valence electrons. The lowest BCUT2D eigenvalue weighted by molar-refractivity contribution is 0.224. The summed E-state index contributed by atoms with van der Waals surface area (Å²) in [6.45, 7) is 0. The third-order valence-corrected chi connectivity index (χ3v) is 5.29. The van der Waals surface area contributed by atoms with E-state index in [1.807, 2.05) is 0 Å². The highest BCUT2D eigenvalue weighted by Crippen LogP contribution is 2.39. The molecule has 1 N–H and O–H groups in total. The van der Waals surface area contributed by atoms with Crippen molar-refractivity contribution in [3.05, 3.63) is 53.6 Å². The van der Waals surface area contributed by atoms with Crippen LogP contribution in [-0.2, 0) is 0 Å². The fourth-order valence-electron chi connectivity index (χ4n) is 1.38. The number of rotatable bonds is 2. The number of hydrogen-bond acceptors (Lipinski definition) is 2. The van der Waals surface area contributed by atoms with Gasteiger partial charge in [-0.2, -0.15) is 0 Å². The Morgan fingerprint density at radius 2 is 1.88 bits per heavy atom. The van der Waals surface area contributed by atoms with Gasteiger partial charge in [-0.1, -0.05) is 34.8 Å². The van der Waals surface area contributed by atoms with Gasteiger partial charge in [0.25, 0.3) is 0 Å². The molecule has 1 aromatic carbocycles. The predicted octanol–water partition coefficient (Wildman–Crippen LogP) is 5.55. The van der Waals surface area contributed by atoms with Crippen LogP contribution in [0.25, 0.3) is 0 Å². The Morgan fingerprint density at radius 1 is 1.18 bits per heavy atom. The van der Waals surface area contributed by atoms with Crippen LogP contribution in [0.15, 0.2) is 28.7 Å². The Bertz CT molecular complexity index is 536. The van der Waals surface area contributed by atoms with Crippen molar-refractivity contribution in [2.75, 3.05) is 0 Å². The predicted molar refractivity (Wildman–Crippen MR) is 77.6 cm³/mol. The maximum Gasteiger partial charge on any atom is 0.115 e. The van der Waals surface area contributed by atoms with Gasteiger partial charge < -0.3 is 5.11 Å². The molecule has 0 fully saturated rings. The molecule has 1 unspecified atom stereocenters. The van der Waals surface area contributed by atoms with Crippen LogP contribution >= 0.6 is 62.1 Å². The van der Waals surface area contributed by atoms with Crippen LogP contribution in [0.1, 0.15) is 16.5 Å². The van der Waals surface area contributed by atoms with Crippen LogP contribution in [0.2, 0.25) is 14.4 Å². The van der Waals surface area contributed by atoms with E-state index in [9.17, 15) is 5.11 Å². The first kappa shape index (κ1) is 13.7. The van der Waals surface area contributed by atoms with Crippen molar-refractivity contribution in [2.24, 2.45) is 0 Å². The molecule has 2 rings (SSSR count). The van der Waals surface area contributed by atoms with Gasteiger partial charge in [0.05, 0.1) is 0 Å². The van der Waals surface area contributed by atoms with E-state index in [4.69, 9.17) is 34.8 Å². The molecule has 0 radical (unpaired) electrons. The Morgan fingerprint density at radius 3 is 2.47 bits per heavy atom. The fourth-order valence-corrected chi connectivity index (χ4v) is 3.52. The summed E-state index contributed by atoms with van der Waals surface area (Å²) in [6, 6.07) is 6.76. The molecular formula is C11H6BrCl3OS. The minimum Gasteiger partial charge on any atom is -0.383 e. The average Bonchev–Trinajstić information content (AvgIpc) is 2.62. The van der Waals surface area contributed by atoms with Crippen LogP contribution in [0, 0.1) is 0 Å². The van der Waals surface area contributed by atoms with E-state index in [0.717, 1.165) is 4.47 Å². The molecule has 0 bridgehead atoms. The SMILES string of the molecule is OC(c1cc(Br)c(Cl)s1)c1cc(Cl)ccc1Cl. The van der Waals surface area contributed by atoms with Gasteiger partial charge >= 0.3 is 0 Å². The van der Waals surface area contributed by atoms with Gasteiger partial charge in [0.2, 0.25) is 0 Å². The summed E-state index contributed by atoms with van der Waals surface area (Å²) in [4.78, 5) is 0.714. The summed E-state index contributed by atoms with van der Waals surface area (Å²) in [5.74, 6) is 0. The number of hydrogen-bond donors (Lipinski definition) is 1. The van der Waals surface area contributed by atoms with Gasteiger partial charge in [0.1, 0.15) is 10.4 Å². The second-order valence-electron chi connectivity index (χ2n) is 3.34.